The molecule has 5 nitrogen and oxygen atoms in total. The predicted octanol–water partition coefficient (Wildman–Crippen LogP) is 3.56. The number of anilines is 1. The Labute approximate surface area is 172 Å². The molecule has 1 saturated heterocycles. The topological polar surface area (TPSA) is 75.4 Å². The van der Waals surface area contributed by atoms with Gasteiger partial charge in [0, 0.05) is 13.0 Å². The Morgan fingerprint density at radius 1 is 1.07 bits per heavy atom. The van der Waals surface area contributed by atoms with Gasteiger partial charge in [0.05, 0.1) is 11.3 Å². The largest absolute Gasteiger partial charge is 0.366 e. The van der Waals surface area contributed by atoms with Crippen molar-refractivity contribution in [2.45, 2.75) is 38.0 Å². The van der Waals surface area contributed by atoms with E-state index < -0.39 is 5.91 Å². The number of likely N-dealkylation sites (tertiary alicyclic amines) is 1. The second-order valence-electron chi connectivity index (χ2n) is 8.25. The zero-order valence-corrected chi connectivity index (χ0v) is 16.8. The lowest BCUT2D eigenvalue weighted by atomic mass is 9.71. The number of benzene rings is 2. The number of primary amides is 1. The van der Waals surface area contributed by atoms with Crippen molar-refractivity contribution >= 4 is 17.5 Å². The van der Waals surface area contributed by atoms with E-state index >= 15 is 0 Å². The molecule has 152 valence electrons. The number of fused-ring (bicyclic) bond motifs is 3. The van der Waals surface area contributed by atoms with Gasteiger partial charge in [0.25, 0.3) is 5.91 Å². The maximum absolute atomic E-state index is 12.3. The number of nitrogens with zero attached hydrogens (tertiary/aromatic N) is 1. The lowest BCUT2D eigenvalue weighted by Gasteiger charge is -2.42. The molecule has 1 fully saturated rings. The summed E-state index contributed by atoms with van der Waals surface area (Å²) in [7, 11) is 0. The normalized spacial score (nSPS) is 21.1. The third-order valence-electron chi connectivity index (χ3n) is 6.40. The number of carbonyl (C=O) groups excluding carboxylic acids is 2. The van der Waals surface area contributed by atoms with Gasteiger partial charge in [-0.3, -0.25) is 9.59 Å². The number of hydrogen-bond donors (Lipinski definition) is 2. The van der Waals surface area contributed by atoms with Crippen molar-refractivity contribution in [2.75, 3.05) is 25.0 Å². The molecule has 2 aromatic rings. The van der Waals surface area contributed by atoms with E-state index in [1.165, 1.54) is 24.8 Å². The van der Waals surface area contributed by atoms with Crippen LogP contribution in [0, 0.1) is 5.92 Å². The van der Waals surface area contributed by atoms with E-state index in [0.29, 0.717) is 23.6 Å². The number of aryl methyl sites for hydroxylation is 1. The number of amides is 2. The first-order valence-electron chi connectivity index (χ1n) is 10.6. The van der Waals surface area contributed by atoms with E-state index in [9.17, 15) is 9.59 Å². The summed E-state index contributed by atoms with van der Waals surface area (Å²) in [4.78, 5) is 26.3. The van der Waals surface area contributed by atoms with Crippen LogP contribution in [0.4, 0.5) is 5.69 Å². The molecule has 2 aliphatic rings. The van der Waals surface area contributed by atoms with Crippen LogP contribution in [0.5, 0.6) is 0 Å². The molecule has 2 amide bonds. The van der Waals surface area contributed by atoms with E-state index in [1.54, 1.807) is 29.8 Å². The van der Waals surface area contributed by atoms with Crippen molar-refractivity contribution in [3.63, 3.8) is 0 Å². The fraction of sp³-hybridized carbons (Fsp3) is 0.417. The van der Waals surface area contributed by atoms with Gasteiger partial charge in [0.2, 0.25) is 5.91 Å². The van der Waals surface area contributed by atoms with E-state index in [1.807, 2.05) is 0 Å². The molecular formula is C24H29N3O2. The zero-order valence-electron chi connectivity index (χ0n) is 16.8. The average molecular weight is 392 g/mol. The Kier molecular flexibility index (Phi) is 5.95. The van der Waals surface area contributed by atoms with E-state index in [4.69, 9.17) is 5.73 Å². The van der Waals surface area contributed by atoms with Gasteiger partial charge >= 0.3 is 0 Å². The van der Waals surface area contributed by atoms with Crippen molar-refractivity contribution in [3.05, 3.63) is 65.2 Å². The summed E-state index contributed by atoms with van der Waals surface area (Å²) in [6.07, 6.45) is 4.92. The van der Waals surface area contributed by atoms with E-state index in [-0.39, 0.29) is 5.91 Å². The van der Waals surface area contributed by atoms with Crippen LogP contribution in [0.2, 0.25) is 0 Å². The van der Waals surface area contributed by atoms with Crippen LogP contribution in [0.1, 0.15) is 53.1 Å². The number of rotatable bonds is 6. The molecule has 2 aromatic carbocycles. The second-order valence-corrected chi connectivity index (χ2v) is 8.25. The number of nitrogens with two attached hydrogens (primary N) is 1. The number of para-hydroxylation sites is 1. The molecule has 0 spiro atoms. The van der Waals surface area contributed by atoms with Crippen LogP contribution in [-0.4, -0.2) is 36.3 Å². The zero-order chi connectivity index (χ0) is 20.2. The van der Waals surface area contributed by atoms with Gasteiger partial charge < -0.3 is 16.0 Å². The van der Waals surface area contributed by atoms with Gasteiger partial charge in [-0.15, -0.1) is 0 Å². The first-order chi connectivity index (χ1) is 14.1. The minimum atomic E-state index is -0.530. The fourth-order valence-electron chi connectivity index (χ4n) is 4.96. The Hall–Kier alpha value is -2.66. The van der Waals surface area contributed by atoms with Crippen molar-refractivity contribution in [1.82, 2.24) is 4.90 Å². The molecule has 1 aliphatic heterocycles. The number of carbonyl (C=O) groups is 2. The fourth-order valence-corrected chi connectivity index (χ4v) is 4.96. The Morgan fingerprint density at radius 2 is 1.86 bits per heavy atom. The summed E-state index contributed by atoms with van der Waals surface area (Å²) in [5, 5.41) is 2.83. The molecule has 3 N–H and O–H groups in total. The maximum Gasteiger partial charge on any atom is 0.250 e. The smallest absolute Gasteiger partial charge is 0.250 e. The van der Waals surface area contributed by atoms with Crippen molar-refractivity contribution in [3.8, 4) is 0 Å². The third kappa shape index (κ3) is 4.51. The van der Waals surface area contributed by atoms with Crippen molar-refractivity contribution in [2.24, 2.45) is 11.7 Å². The molecule has 0 saturated carbocycles. The van der Waals surface area contributed by atoms with Gasteiger partial charge in [-0.05, 0) is 73.9 Å². The summed E-state index contributed by atoms with van der Waals surface area (Å²) in [5.41, 5.74) is 9.32. The van der Waals surface area contributed by atoms with Gasteiger partial charge in [0.1, 0.15) is 0 Å². The van der Waals surface area contributed by atoms with Gasteiger partial charge in [-0.25, -0.2) is 0 Å². The van der Waals surface area contributed by atoms with Crippen molar-refractivity contribution < 1.29 is 9.59 Å². The molecule has 5 heteroatoms. The quantitative estimate of drug-likeness (QED) is 0.791. The first-order valence-corrected chi connectivity index (χ1v) is 10.6. The first kappa shape index (κ1) is 19.6. The molecule has 0 unspecified atom stereocenters. The number of piperidine rings is 1. The van der Waals surface area contributed by atoms with Crippen LogP contribution >= 0.6 is 0 Å². The molecule has 0 aromatic heterocycles. The van der Waals surface area contributed by atoms with Gasteiger partial charge in [0.15, 0.2) is 0 Å². The molecule has 4 rings (SSSR count). The summed E-state index contributed by atoms with van der Waals surface area (Å²) in [6, 6.07) is 15.8. The summed E-state index contributed by atoms with van der Waals surface area (Å²) < 4.78 is 0. The molecule has 1 heterocycles. The minimum Gasteiger partial charge on any atom is -0.366 e. The highest BCUT2D eigenvalue weighted by Gasteiger charge is 2.33. The molecule has 29 heavy (non-hydrogen) atoms. The third-order valence-corrected chi connectivity index (χ3v) is 6.40. The maximum atomic E-state index is 12.3. The van der Waals surface area contributed by atoms with Gasteiger partial charge in [-0.2, -0.15) is 0 Å². The molecule has 0 radical (unpaired) electrons. The lowest BCUT2D eigenvalue weighted by Crippen LogP contribution is -2.41. The monoisotopic (exact) mass is 391 g/mol. The lowest BCUT2D eigenvalue weighted by molar-refractivity contribution is -0.116. The predicted molar refractivity (Wildman–Crippen MR) is 115 cm³/mol. The highest BCUT2D eigenvalue weighted by molar-refractivity contribution is 6.02. The van der Waals surface area contributed by atoms with Crippen molar-refractivity contribution in [1.29, 1.82) is 0 Å². The highest BCUT2D eigenvalue weighted by Crippen LogP contribution is 2.41. The number of nitrogens with one attached hydrogen (secondary N) is 1. The standard InChI is InChI=1S/C24H29N3O2/c25-24(29)21-8-3-4-9-22(21)26-23(28)10-5-14-27-15-13-20-18(16-27)12-11-17-6-1-2-7-19(17)20/h1-4,6-9,18,20H,5,10-16H2,(H2,25,29)(H,26,28)/t18-,20+/m0/s1. The summed E-state index contributed by atoms with van der Waals surface area (Å²) >= 11 is 0. The molecular weight excluding hydrogens is 362 g/mol. The van der Waals surface area contributed by atoms with Crippen LogP contribution in [-0.2, 0) is 11.2 Å². The van der Waals surface area contributed by atoms with Gasteiger partial charge in [-0.1, -0.05) is 36.4 Å². The van der Waals surface area contributed by atoms with E-state index in [2.05, 4.69) is 34.5 Å². The highest BCUT2D eigenvalue weighted by atomic mass is 16.2. The SMILES string of the molecule is NC(=O)c1ccccc1NC(=O)CCCN1CC[C@H]2c3ccccc3CC[C@H]2C1. The van der Waals surface area contributed by atoms with Crippen LogP contribution in [0.25, 0.3) is 0 Å². The van der Waals surface area contributed by atoms with Crippen LogP contribution in [0.3, 0.4) is 0 Å². The summed E-state index contributed by atoms with van der Waals surface area (Å²) in [5.74, 6) is 0.831. The summed E-state index contributed by atoms with van der Waals surface area (Å²) in [6.45, 7) is 3.17. The van der Waals surface area contributed by atoms with Crippen LogP contribution < -0.4 is 11.1 Å². The molecule has 0 bridgehead atoms. The minimum absolute atomic E-state index is 0.0693. The van der Waals surface area contributed by atoms with E-state index in [0.717, 1.165) is 32.0 Å². The van der Waals surface area contributed by atoms with Crippen LogP contribution in [0.15, 0.2) is 48.5 Å². The Balaban J connectivity index is 1.25. The molecule has 2 atom stereocenters. The Morgan fingerprint density at radius 3 is 2.72 bits per heavy atom. The average Bonchev–Trinajstić information content (AvgIpc) is 2.73. The second kappa shape index (κ2) is 8.78. The number of hydrogen-bond acceptors (Lipinski definition) is 3. The molecule has 1 aliphatic carbocycles. The Bertz CT molecular complexity index is 895.